The molecule has 0 spiro atoms. The third-order valence-electron chi connectivity index (χ3n) is 11.1. The minimum atomic E-state index is 0.559. The highest BCUT2D eigenvalue weighted by molar-refractivity contribution is 6.28. The molecule has 8 aromatic carbocycles. The standard InChI is InChI=1S/C52H30N4O2/c1-3-12-31(13-4-1)32-22-24-34(25-23-32)50-54-51(56-52(55-50)39-18-11-21-44-46(39)36-16-7-9-19-42(36)57-44)35-26-28-41-40(30-35)47-38(49(53-41)33-14-5-2-6-15-33)27-29-45-48(47)37-17-8-10-20-43(37)58-45/h1-30H. The van der Waals surface area contributed by atoms with Gasteiger partial charge in [-0.05, 0) is 59.7 Å². The summed E-state index contributed by atoms with van der Waals surface area (Å²) in [7, 11) is 0. The summed E-state index contributed by atoms with van der Waals surface area (Å²) in [6.07, 6.45) is 0. The van der Waals surface area contributed by atoms with Gasteiger partial charge < -0.3 is 8.83 Å². The lowest BCUT2D eigenvalue weighted by Gasteiger charge is -2.13. The van der Waals surface area contributed by atoms with Crippen molar-refractivity contribution in [1.29, 1.82) is 0 Å². The van der Waals surface area contributed by atoms with Crippen molar-refractivity contribution in [2.75, 3.05) is 0 Å². The molecule has 0 fully saturated rings. The smallest absolute Gasteiger partial charge is 0.164 e. The Morgan fingerprint density at radius 1 is 0.293 bits per heavy atom. The predicted molar refractivity (Wildman–Crippen MR) is 234 cm³/mol. The number of hydrogen-bond donors (Lipinski definition) is 0. The highest BCUT2D eigenvalue weighted by Crippen LogP contribution is 2.43. The molecule has 270 valence electrons. The van der Waals surface area contributed by atoms with Crippen molar-refractivity contribution in [3.8, 4) is 56.5 Å². The molecule has 0 aliphatic heterocycles. The number of para-hydroxylation sites is 2. The third kappa shape index (κ3) is 5.12. The summed E-state index contributed by atoms with van der Waals surface area (Å²) in [5.74, 6) is 1.70. The van der Waals surface area contributed by atoms with Gasteiger partial charge in [0.1, 0.15) is 22.3 Å². The quantitative estimate of drug-likeness (QED) is 0.163. The Bertz CT molecular complexity index is 3560. The zero-order valence-electron chi connectivity index (χ0n) is 30.9. The summed E-state index contributed by atoms with van der Waals surface area (Å²) in [4.78, 5) is 20.9. The number of benzene rings is 8. The summed E-state index contributed by atoms with van der Waals surface area (Å²) in [5, 5.41) is 7.21. The van der Waals surface area contributed by atoms with E-state index < -0.39 is 0 Å². The topological polar surface area (TPSA) is 77.8 Å². The van der Waals surface area contributed by atoms with Gasteiger partial charge in [0.25, 0.3) is 0 Å². The molecule has 0 radical (unpaired) electrons. The van der Waals surface area contributed by atoms with E-state index >= 15 is 0 Å². The summed E-state index contributed by atoms with van der Waals surface area (Å²) in [6, 6.07) is 62.1. The second-order valence-electron chi connectivity index (χ2n) is 14.5. The summed E-state index contributed by atoms with van der Waals surface area (Å²) in [5.41, 5.74) is 11.0. The molecule has 0 saturated heterocycles. The van der Waals surface area contributed by atoms with Crippen LogP contribution >= 0.6 is 0 Å². The Labute approximate surface area is 331 Å². The van der Waals surface area contributed by atoms with Crippen LogP contribution < -0.4 is 0 Å². The average Bonchev–Trinajstić information content (AvgIpc) is 3.88. The molecule has 12 aromatic rings. The Balaban J connectivity index is 1.12. The molecule has 0 aliphatic carbocycles. The monoisotopic (exact) mass is 742 g/mol. The van der Waals surface area contributed by atoms with Crippen molar-refractivity contribution in [3.05, 3.63) is 182 Å². The number of nitrogens with zero attached hydrogens (tertiary/aromatic N) is 4. The van der Waals surface area contributed by atoms with Gasteiger partial charge in [-0.15, -0.1) is 0 Å². The lowest BCUT2D eigenvalue weighted by atomic mass is 9.95. The van der Waals surface area contributed by atoms with Crippen LogP contribution in [0.4, 0.5) is 0 Å². The summed E-state index contributed by atoms with van der Waals surface area (Å²) >= 11 is 0. The Morgan fingerprint density at radius 3 is 1.59 bits per heavy atom. The van der Waals surface area contributed by atoms with Crippen LogP contribution in [0, 0.1) is 0 Å². The van der Waals surface area contributed by atoms with Crippen LogP contribution in [0.3, 0.4) is 0 Å². The first-order chi connectivity index (χ1) is 28.7. The molecular weight excluding hydrogens is 713 g/mol. The second-order valence-corrected chi connectivity index (χ2v) is 14.5. The summed E-state index contributed by atoms with van der Waals surface area (Å²) in [6.45, 7) is 0. The highest BCUT2D eigenvalue weighted by Gasteiger charge is 2.21. The molecule has 6 nitrogen and oxygen atoms in total. The van der Waals surface area contributed by atoms with Gasteiger partial charge in [0.2, 0.25) is 0 Å². The maximum atomic E-state index is 6.43. The Kier molecular flexibility index (Phi) is 7.13. The molecule has 6 heteroatoms. The number of hydrogen-bond acceptors (Lipinski definition) is 6. The first-order valence-electron chi connectivity index (χ1n) is 19.3. The molecule has 0 amide bonds. The molecule has 0 N–H and O–H groups in total. The first kappa shape index (κ1) is 32.3. The van der Waals surface area contributed by atoms with Gasteiger partial charge in [-0.25, -0.2) is 19.9 Å². The van der Waals surface area contributed by atoms with Crippen molar-refractivity contribution >= 4 is 65.6 Å². The SMILES string of the molecule is c1ccc(-c2ccc(-c3nc(-c4ccc5nc(-c6ccccc6)c6ccc7oc8ccccc8c7c6c5c4)nc(-c4cccc5oc6ccccc6c45)n3)cc2)cc1. The minimum absolute atomic E-state index is 0.559. The van der Waals surface area contributed by atoms with E-state index in [-0.39, 0.29) is 0 Å². The summed E-state index contributed by atoms with van der Waals surface area (Å²) < 4.78 is 12.7. The Hall–Kier alpha value is -7.96. The van der Waals surface area contributed by atoms with Crippen molar-refractivity contribution in [1.82, 2.24) is 19.9 Å². The normalized spacial score (nSPS) is 11.8. The van der Waals surface area contributed by atoms with Gasteiger partial charge >= 0.3 is 0 Å². The molecule has 0 saturated carbocycles. The van der Waals surface area contributed by atoms with Crippen LogP contribution in [0.2, 0.25) is 0 Å². The van der Waals surface area contributed by atoms with Gasteiger partial charge in [0.05, 0.1) is 11.2 Å². The molecule has 0 bridgehead atoms. The van der Waals surface area contributed by atoms with Gasteiger partial charge in [0.15, 0.2) is 17.5 Å². The highest BCUT2D eigenvalue weighted by atomic mass is 16.3. The van der Waals surface area contributed by atoms with Crippen LogP contribution in [-0.2, 0) is 0 Å². The average molecular weight is 743 g/mol. The molecule has 4 aromatic heterocycles. The zero-order chi connectivity index (χ0) is 38.2. The van der Waals surface area contributed by atoms with Crippen molar-refractivity contribution in [2.45, 2.75) is 0 Å². The van der Waals surface area contributed by atoms with Crippen LogP contribution in [0.25, 0.3) is 122 Å². The van der Waals surface area contributed by atoms with Gasteiger partial charge in [-0.2, -0.15) is 0 Å². The van der Waals surface area contributed by atoms with Gasteiger partial charge in [0, 0.05) is 60.0 Å². The van der Waals surface area contributed by atoms with E-state index in [9.17, 15) is 0 Å². The lowest BCUT2D eigenvalue weighted by Crippen LogP contribution is -2.01. The fraction of sp³-hybridized carbons (Fsp3) is 0. The van der Waals surface area contributed by atoms with E-state index in [1.54, 1.807) is 0 Å². The van der Waals surface area contributed by atoms with Crippen molar-refractivity contribution < 1.29 is 8.83 Å². The van der Waals surface area contributed by atoms with E-state index in [1.807, 2.05) is 54.6 Å². The first-order valence-corrected chi connectivity index (χ1v) is 19.3. The second kappa shape index (κ2) is 12.8. The number of aromatic nitrogens is 4. The lowest BCUT2D eigenvalue weighted by molar-refractivity contribution is 0.668. The molecule has 0 unspecified atom stereocenters. The molecular formula is C52H30N4O2. The molecule has 0 aliphatic rings. The van der Waals surface area contributed by atoms with Gasteiger partial charge in [-0.3, -0.25) is 0 Å². The number of rotatable bonds is 5. The molecule has 12 rings (SSSR count). The predicted octanol–water partition coefficient (Wildman–Crippen LogP) is 13.7. The third-order valence-corrected chi connectivity index (χ3v) is 11.1. The number of furan rings is 2. The maximum absolute atomic E-state index is 6.43. The molecule has 58 heavy (non-hydrogen) atoms. The van der Waals surface area contributed by atoms with Crippen LogP contribution in [0.5, 0.6) is 0 Å². The number of pyridine rings is 1. The largest absolute Gasteiger partial charge is 0.456 e. The van der Waals surface area contributed by atoms with E-state index in [1.165, 1.54) is 0 Å². The fourth-order valence-corrected chi connectivity index (χ4v) is 8.42. The Morgan fingerprint density at radius 2 is 0.845 bits per heavy atom. The van der Waals surface area contributed by atoms with E-state index in [0.29, 0.717) is 17.5 Å². The zero-order valence-corrected chi connectivity index (χ0v) is 30.9. The van der Waals surface area contributed by atoms with E-state index in [2.05, 4.69) is 127 Å². The van der Waals surface area contributed by atoms with Crippen molar-refractivity contribution in [2.24, 2.45) is 0 Å². The minimum Gasteiger partial charge on any atom is -0.456 e. The van der Waals surface area contributed by atoms with E-state index in [4.69, 9.17) is 28.8 Å². The molecule has 4 heterocycles. The van der Waals surface area contributed by atoms with Crippen LogP contribution in [-0.4, -0.2) is 19.9 Å². The van der Waals surface area contributed by atoms with Crippen molar-refractivity contribution in [3.63, 3.8) is 0 Å². The maximum Gasteiger partial charge on any atom is 0.164 e. The molecule has 0 atom stereocenters. The van der Waals surface area contributed by atoms with E-state index in [0.717, 1.165) is 105 Å². The van der Waals surface area contributed by atoms with Crippen LogP contribution in [0.1, 0.15) is 0 Å². The van der Waals surface area contributed by atoms with Gasteiger partial charge in [-0.1, -0.05) is 133 Å². The fourth-order valence-electron chi connectivity index (χ4n) is 8.42. The number of fused-ring (bicyclic) bond motifs is 10. The van der Waals surface area contributed by atoms with Crippen LogP contribution in [0.15, 0.2) is 191 Å².